The van der Waals surface area contributed by atoms with Crippen LogP contribution >= 0.6 is 0 Å². The van der Waals surface area contributed by atoms with Crippen LogP contribution in [0.3, 0.4) is 0 Å². The molecule has 2 N–H and O–H groups in total. The van der Waals surface area contributed by atoms with Gasteiger partial charge in [-0.15, -0.1) is 0 Å². The average Bonchev–Trinajstić information content (AvgIpc) is 2.62. The number of nitrogens with zero attached hydrogens (tertiary/aromatic N) is 2. The zero-order valence-electron chi connectivity index (χ0n) is 15.8. The Morgan fingerprint density at radius 3 is 1.54 bits per heavy atom. The van der Waals surface area contributed by atoms with E-state index >= 15 is 0 Å². The van der Waals surface area contributed by atoms with Crippen LogP contribution in [-0.2, 0) is 20.8 Å². The van der Waals surface area contributed by atoms with Gasteiger partial charge < -0.3 is 4.55 Å². The van der Waals surface area contributed by atoms with Crippen molar-refractivity contribution in [2.75, 3.05) is 13.1 Å². The smallest absolute Gasteiger partial charge is 0.303 e. The molecular weight excluding hydrogens is 356 g/mol. The van der Waals surface area contributed by atoms with Gasteiger partial charge >= 0.3 is 11.8 Å². The van der Waals surface area contributed by atoms with Crippen molar-refractivity contribution >= 4 is 23.0 Å². The predicted octanol–water partition coefficient (Wildman–Crippen LogP) is 2.66. The van der Waals surface area contributed by atoms with E-state index in [2.05, 4.69) is 13.2 Å². The lowest BCUT2D eigenvalue weighted by Crippen LogP contribution is -2.48. The van der Waals surface area contributed by atoms with Crippen molar-refractivity contribution in [2.24, 2.45) is 0 Å². The molecule has 0 rings (SSSR count). The van der Waals surface area contributed by atoms with Crippen LogP contribution in [0.4, 0.5) is 0 Å². The summed E-state index contributed by atoms with van der Waals surface area (Å²) in [6.45, 7) is 11.2. The summed E-state index contributed by atoms with van der Waals surface area (Å²) in [6, 6.07) is 0. The normalized spacial score (nSPS) is 13.2. The predicted molar refractivity (Wildman–Crippen MR) is 102 cm³/mol. The summed E-state index contributed by atoms with van der Waals surface area (Å²) in [5.74, 6) is -1.57. The second-order valence-corrected chi connectivity index (χ2v) is 7.65. The van der Waals surface area contributed by atoms with Gasteiger partial charge in [-0.3, -0.25) is 20.0 Å². The first-order valence-corrected chi connectivity index (χ1v) is 10.3. The third kappa shape index (κ3) is 7.90. The van der Waals surface area contributed by atoms with Crippen LogP contribution in [0.1, 0.15) is 52.4 Å². The van der Waals surface area contributed by atoms with E-state index in [1.54, 1.807) is 0 Å². The van der Waals surface area contributed by atoms with E-state index in [4.69, 9.17) is 0 Å². The van der Waals surface area contributed by atoms with E-state index in [1.807, 2.05) is 13.8 Å². The molecule has 0 radical (unpaired) electrons. The number of carbonyl (C=O) groups is 2. The molecule has 26 heavy (non-hydrogen) atoms. The summed E-state index contributed by atoms with van der Waals surface area (Å²) in [4.78, 5) is 24.6. The summed E-state index contributed by atoms with van der Waals surface area (Å²) in [5, 5.41) is 18.2. The maximum Gasteiger partial charge on any atom is 0.303 e. The summed E-state index contributed by atoms with van der Waals surface area (Å²) < 4.78 is 12.7. The number of amides is 2. The minimum absolute atomic E-state index is 0.115. The first-order chi connectivity index (χ1) is 12.3. The monoisotopic (exact) mass is 388 g/mol. The maximum absolute atomic E-state index is 12.7. The molecule has 2 atom stereocenters. The van der Waals surface area contributed by atoms with E-state index in [0.29, 0.717) is 23.0 Å². The Labute approximate surface area is 159 Å². The Kier molecular flexibility index (Phi) is 13.1. The molecule has 0 aliphatic carbocycles. The number of rotatable bonds is 14. The fourth-order valence-electron chi connectivity index (χ4n) is 2.29. The van der Waals surface area contributed by atoms with E-state index in [0.717, 1.165) is 37.8 Å². The Bertz CT molecular complexity index is 421. The molecule has 0 saturated heterocycles. The zero-order valence-corrected chi connectivity index (χ0v) is 16.6. The summed E-state index contributed by atoms with van der Waals surface area (Å²) in [5.41, 5.74) is 0. The van der Waals surface area contributed by atoms with Crippen LogP contribution in [0.25, 0.3) is 0 Å². The second kappa shape index (κ2) is 13.8. The van der Waals surface area contributed by atoms with Crippen molar-refractivity contribution in [3.8, 4) is 0 Å². The van der Waals surface area contributed by atoms with Gasteiger partial charge in [0.2, 0.25) is 10.5 Å². The zero-order chi connectivity index (χ0) is 20.1. The van der Waals surface area contributed by atoms with Crippen LogP contribution in [0, 0.1) is 0 Å². The van der Waals surface area contributed by atoms with E-state index in [9.17, 15) is 24.6 Å². The minimum Gasteiger partial charge on any atom is -0.615 e. The van der Waals surface area contributed by atoms with Gasteiger partial charge in [0.05, 0.1) is 0 Å². The first-order valence-electron chi connectivity index (χ1n) is 9.00. The highest BCUT2D eigenvalue weighted by Gasteiger charge is 2.40. The van der Waals surface area contributed by atoms with Crippen molar-refractivity contribution in [2.45, 2.75) is 62.9 Å². The lowest BCUT2D eigenvalue weighted by atomic mass is 10.2. The van der Waals surface area contributed by atoms with Crippen molar-refractivity contribution in [3.63, 3.8) is 0 Å². The topological polar surface area (TPSA) is 104 Å². The second-order valence-electron chi connectivity index (χ2n) is 5.98. The van der Waals surface area contributed by atoms with Gasteiger partial charge in [-0.25, -0.2) is 10.1 Å². The number of unbranched alkanes of at least 4 members (excludes halogenated alkanes) is 4. The van der Waals surface area contributed by atoms with E-state index < -0.39 is 33.5 Å². The van der Waals surface area contributed by atoms with Gasteiger partial charge in [0, 0.05) is 13.1 Å². The molecule has 0 aromatic heterocycles. The first kappa shape index (κ1) is 24.7. The van der Waals surface area contributed by atoms with E-state index in [-0.39, 0.29) is 13.1 Å². The molecule has 7 nitrogen and oxygen atoms in total. The average molecular weight is 389 g/mol. The van der Waals surface area contributed by atoms with Gasteiger partial charge in [0.25, 0.3) is 0 Å². The third-order valence-corrected chi connectivity index (χ3v) is 5.66. The molecule has 0 aromatic carbocycles. The molecule has 0 aliphatic rings. The molecule has 0 fully saturated rings. The highest BCUT2D eigenvalue weighted by molar-refractivity contribution is 7.94. The lowest BCUT2D eigenvalue weighted by Gasteiger charge is -2.27. The van der Waals surface area contributed by atoms with Gasteiger partial charge in [0.1, 0.15) is 0 Å². The van der Waals surface area contributed by atoms with Crippen LogP contribution in [0.5, 0.6) is 0 Å². The standard InChI is InChI=1S/C18H32N2O5S/c1-5-9-11-13-19(23)17(21)15(7-3)26(25)16(8-4)18(22)20(24)14-12-10-6-2/h7-8,15-16,23-24H,3-6,9-14H2,1-2H3/t15-,16-/m0/s1. The van der Waals surface area contributed by atoms with Gasteiger partial charge in [-0.05, 0) is 36.2 Å². The number of hydrogen-bond donors (Lipinski definition) is 2. The minimum atomic E-state index is -2.05. The molecule has 0 bridgehead atoms. The number of hydroxylamine groups is 4. The molecule has 0 aromatic rings. The Morgan fingerprint density at radius 2 is 1.27 bits per heavy atom. The SMILES string of the molecule is C=C[C@@H](C(=O)N(O)CCCCC)[S+]([O-])[C@@H](C=C)C(=O)N(O)CCCCC. The molecule has 0 aliphatic heterocycles. The van der Waals surface area contributed by atoms with Crippen LogP contribution in [0.2, 0.25) is 0 Å². The third-order valence-electron chi connectivity index (χ3n) is 3.87. The summed E-state index contributed by atoms with van der Waals surface area (Å²) in [7, 11) is 0. The Balaban J connectivity index is 4.99. The fourth-order valence-corrected chi connectivity index (χ4v) is 3.62. The summed E-state index contributed by atoms with van der Waals surface area (Å²) in [6.07, 6.45) is 7.05. The largest absolute Gasteiger partial charge is 0.615 e. The van der Waals surface area contributed by atoms with E-state index in [1.165, 1.54) is 0 Å². The van der Waals surface area contributed by atoms with Gasteiger partial charge in [0.15, 0.2) is 0 Å². The van der Waals surface area contributed by atoms with Gasteiger partial charge in [-0.2, -0.15) is 0 Å². The summed E-state index contributed by atoms with van der Waals surface area (Å²) >= 11 is -2.05. The van der Waals surface area contributed by atoms with Crippen LogP contribution in [-0.4, -0.2) is 60.5 Å². The molecule has 0 heterocycles. The lowest BCUT2D eigenvalue weighted by molar-refractivity contribution is -0.164. The highest BCUT2D eigenvalue weighted by Crippen LogP contribution is 2.17. The highest BCUT2D eigenvalue weighted by atomic mass is 32.2. The van der Waals surface area contributed by atoms with Crippen molar-refractivity contribution in [3.05, 3.63) is 25.3 Å². The van der Waals surface area contributed by atoms with Crippen molar-refractivity contribution in [1.29, 1.82) is 0 Å². The van der Waals surface area contributed by atoms with Crippen LogP contribution < -0.4 is 0 Å². The van der Waals surface area contributed by atoms with Gasteiger partial charge in [-0.1, -0.05) is 52.7 Å². The molecular formula is C18H32N2O5S. The molecule has 2 amide bonds. The Hall–Kier alpha value is -1.35. The number of carbonyl (C=O) groups excluding carboxylic acids is 2. The molecule has 0 spiro atoms. The maximum atomic E-state index is 12.7. The molecule has 0 unspecified atom stereocenters. The van der Waals surface area contributed by atoms with Crippen molar-refractivity contribution in [1.82, 2.24) is 10.1 Å². The van der Waals surface area contributed by atoms with Crippen LogP contribution in [0.15, 0.2) is 25.3 Å². The fraction of sp³-hybridized carbons (Fsp3) is 0.667. The number of hydrogen-bond acceptors (Lipinski definition) is 5. The molecule has 8 heteroatoms. The van der Waals surface area contributed by atoms with Crippen molar-refractivity contribution < 1.29 is 24.6 Å². The quantitative estimate of drug-likeness (QED) is 0.156. The Morgan fingerprint density at radius 1 is 0.923 bits per heavy atom. The molecule has 150 valence electrons. The molecule has 0 saturated carbocycles.